The first-order chi connectivity index (χ1) is 14.2. The molecule has 3 heteroatoms. The Labute approximate surface area is 186 Å². The smallest absolute Gasteiger partial charge is 0.0540 e. The van der Waals surface area contributed by atoms with Gasteiger partial charge in [-0.05, 0) is 52.6 Å². The molecule has 0 atom stereocenters. The maximum atomic E-state index is 3.66. The second kappa shape index (κ2) is 7.66. The number of nitrogens with zero attached hydrogens (tertiary/aromatic N) is 1. The van der Waals surface area contributed by atoms with E-state index in [0.29, 0.717) is 0 Å². The molecule has 0 aromatic heterocycles. The third-order valence-corrected chi connectivity index (χ3v) is 6.02. The van der Waals surface area contributed by atoms with Crippen molar-refractivity contribution in [1.29, 1.82) is 0 Å². The Morgan fingerprint density at radius 2 is 1.14 bits per heavy atom. The van der Waals surface area contributed by atoms with Gasteiger partial charge in [-0.15, -0.1) is 0 Å². The fraction of sp³-hybridized carbons (Fsp3) is 0. The first-order valence-electron chi connectivity index (χ1n) is 9.42. The standard InChI is InChI=1S/C26H17Br2N/c27-21-15-22(28)17-24(16-21)29(23-13-12-18-6-1-2-8-20(18)14-23)26-11-5-9-19-7-3-4-10-25(19)26/h1-17H. The number of hydrogen-bond donors (Lipinski definition) is 0. The van der Waals surface area contributed by atoms with Crippen LogP contribution in [0.1, 0.15) is 0 Å². The highest BCUT2D eigenvalue weighted by Crippen LogP contribution is 2.41. The van der Waals surface area contributed by atoms with Crippen molar-refractivity contribution < 1.29 is 0 Å². The molecule has 0 aliphatic heterocycles. The molecule has 5 rings (SSSR count). The van der Waals surface area contributed by atoms with Crippen LogP contribution in [0.2, 0.25) is 0 Å². The molecule has 1 nitrogen and oxygen atoms in total. The van der Waals surface area contributed by atoms with Gasteiger partial charge in [0.15, 0.2) is 0 Å². The molecule has 0 spiro atoms. The van der Waals surface area contributed by atoms with E-state index in [1.165, 1.54) is 21.5 Å². The molecule has 0 radical (unpaired) electrons. The summed E-state index contributed by atoms with van der Waals surface area (Å²) in [6.45, 7) is 0. The summed E-state index contributed by atoms with van der Waals surface area (Å²) in [6.07, 6.45) is 0. The minimum atomic E-state index is 1.04. The second-order valence-electron chi connectivity index (χ2n) is 6.99. The normalized spacial score (nSPS) is 11.1. The van der Waals surface area contributed by atoms with Gasteiger partial charge in [0.05, 0.1) is 5.69 Å². The Hall–Kier alpha value is -2.62. The molecular formula is C26H17Br2N. The average Bonchev–Trinajstić information content (AvgIpc) is 2.73. The van der Waals surface area contributed by atoms with Crippen LogP contribution in [0, 0.1) is 0 Å². The summed E-state index contributed by atoms with van der Waals surface area (Å²) in [4.78, 5) is 2.32. The van der Waals surface area contributed by atoms with E-state index in [4.69, 9.17) is 0 Å². The molecular weight excluding hydrogens is 486 g/mol. The molecule has 0 heterocycles. The highest BCUT2D eigenvalue weighted by molar-refractivity contribution is 9.11. The van der Waals surface area contributed by atoms with Gasteiger partial charge in [0.2, 0.25) is 0 Å². The van der Waals surface area contributed by atoms with Crippen molar-refractivity contribution in [2.45, 2.75) is 0 Å². The number of hydrogen-bond acceptors (Lipinski definition) is 1. The lowest BCUT2D eigenvalue weighted by Gasteiger charge is -2.27. The third kappa shape index (κ3) is 3.57. The highest BCUT2D eigenvalue weighted by atomic mass is 79.9. The summed E-state index contributed by atoms with van der Waals surface area (Å²) >= 11 is 7.32. The number of fused-ring (bicyclic) bond motifs is 2. The average molecular weight is 503 g/mol. The van der Waals surface area contributed by atoms with Crippen molar-refractivity contribution in [2.24, 2.45) is 0 Å². The number of benzene rings is 5. The number of rotatable bonds is 3. The van der Waals surface area contributed by atoms with E-state index in [1.807, 2.05) is 0 Å². The van der Waals surface area contributed by atoms with Gasteiger partial charge in [0.25, 0.3) is 0 Å². The molecule has 0 unspecified atom stereocenters. The number of halogens is 2. The zero-order valence-corrected chi connectivity index (χ0v) is 18.7. The fourth-order valence-corrected chi connectivity index (χ4v) is 5.08. The molecule has 0 bridgehead atoms. The minimum absolute atomic E-state index is 1.04. The van der Waals surface area contributed by atoms with Crippen LogP contribution in [-0.4, -0.2) is 0 Å². The predicted molar refractivity (Wildman–Crippen MR) is 132 cm³/mol. The SMILES string of the molecule is Brc1cc(Br)cc(N(c2ccc3ccccc3c2)c2cccc3ccccc23)c1. The van der Waals surface area contributed by atoms with E-state index < -0.39 is 0 Å². The summed E-state index contributed by atoms with van der Waals surface area (Å²) in [6, 6.07) is 36.5. The zero-order chi connectivity index (χ0) is 19.8. The molecule has 140 valence electrons. The fourth-order valence-electron chi connectivity index (χ4n) is 3.81. The first-order valence-corrected chi connectivity index (χ1v) is 11.0. The largest absolute Gasteiger partial charge is 0.310 e. The Kier molecular flexibility index (Phi) is 4.86. The lowest BCUT2D eigenvalue weighted by atomic mass is 10.0. The predicted octanol–water partition coefficient (Wildman–Crippen LogP) is 8.99. The van der Waals surface area contributed by atoms with E-state index >= 15 is 0 Å². The zero-order valence-electron chi connectivity index (χ0n) is 15.5. The third-order valence-electron chi connectivity index (χ3n) is 5.10. The summed E-state index contributed by atoms with van der Waals surface area (Å²) in [5.74, 6) is 0. The molecule has 5 aromatic rings. The van der Waals surface area contributed by atoms with E-state index in [9.17, 15) is 0 Å². The molecule has 29 heavy (non-hydrogen) atoms. The van der Waals surface area contributed by atoms with Crippen LogP contribution in [0.4, 0.5) is 17.1 Å². The Morgan fingerprint density at radius 3 is 1.93 bits per heavy atom. The Bertz CT molecular complexity index is 1320. The molecule has 0 amide bonds. The number of anilines is 3. The lowest BCUT2D eigenvalue weighted by molar-refractivity contribution is 1.29. The summed E-state index contributed by atoms with van der Waals surface area (Å²) in [5, 5.41) is 4.91. The molecule has 0 saturated carbocycles. The van der Waals surface area contributed by atoms with Crippen molar-refractivity contribution in [1.82, 2.24) is 0 Å². The molecule has 0 N–H and O–H groups in total. The van der Waals surface area contributed by atoms with E-state index in [-0.39, 0.29) is 0 Å². The van der Waals surface area contributed by atoms with Crippen LogP contribution < -0.4 is 4.90 Å². The monoisotopic (exact) mass is 501 g/mol. The van der Waals surface area contributed by atoms with Crippen LogP contribution in [0.3, 0.4) is 0 Å². The van der Waals surface area contributed by atoms with Crippen LogP contribution in [0.15, 0.2) is 112 Å². The summed E-state index contributed by atoms with van der Waals surface area (Å²) < 4.78 is 2.07. The topological polar surface area (TPSA) is 3.24 Å². The first kappa shape index (κ1) is 18.4. The van der Waals surface area contributed by atoms with Gasteiger partial charge in [-0.1, -0.05) is 98.6 Å². The molecule has 0 aliphatic carbocycles. The maximum Gasteiger partial charge on any atom is 0.0540 e. The summed E-state index contributed by atoms with van der Waals surface area (Å²) in [5.41, 5.74) is 3.38. The summed E-state index contributed by atoms with van der Waals surface area (Å²) in [7, 11) is 0. The van der Waals surface area contributed by atoms with Crippen molar-refractivity contribution in [3.8, 4) is 0 Å². The van der Waals surface area contributed by atoms with Crippen molar-refractivity contribution in [3.63, 3.8) is 0 Å². The van der Waals surface area contributed by atoms with Crippen molar-refractivity contribution in [2.75, 3.05) is 4.90 Å². The quantitative estimate of drug-likeness (QED) is 0.238. The lowest BCUT2D eigenvalue weighted by Crippen LogP contribution is -2.10. The molecule has 5 aromatic carbocycles. The van der Waals surface area contributed by atoms with Gasteiger partial charge < -0.3 is 4.90 Å². The van der Waals surface area contributed by atoms with Crippen LogP contribution >= 0.6 is 31.9 Å². The molecule has 0 aliphatic rings. The van der Waals surface area contributed by atoms with Crippen LogP contribution in [-0.2, 0) is 0 Å². The minimum Gasteiger partial charge on any atom is -0.310 e. The van der Waals surface area contributed by atoms with Crippen molar-refractivity contribution in [3.05, 3.63) is 112 Å². The van der Waals surface area contributed by atoms with Gasteiger partial charge in [0.1, 0.15) is 0 Å². The van der Waals surface area contributed by atoms with Crippen LogP contribution in [0.25, 0.3) is 21.5 Å². The molecule has 0 fully saturated rings. The van der Waals surface area contributed by atoms with Gasteiger partial charge in [0, 0.05) is 25.7 Å². The van der Waals surface area contributed by atoms with E-state index in [2.05, 4.69) is 140 Å². The van der Waals surface area contributed by atoms with Crippen LogP contribution in [0.5, 0.6) is 0 Å². The van der Waals surface area contributed by atoms with Crippen molar-refractivity contribution >= 4 is 70.5 Å². The molecule has 0 saturated heterocycles. The van der Waals surface area contributed by atoms with Gasteiger partial charge in [-0.25, -0.2) is 0 Å². The van der Waals surface area contributed by atoms with E-state index in [1.54, 1.807) is 0 Å². The van der Waals surface area contributed by atoms with Gasteiger partial charge in [-0.2, -0.15) is 0 Å². The second-order valence-corrected chi connectivity index (χ2v) is 8.82. The van der Waals surface area contributed by atoms with E-state index in [0.717, 1.165) is 26.0 Å². The highest BCUT2D eigenvalue weighted by Gasteiger charge is 2.16. The maximum absolute atomic E-state index is 3.66. The Morgan fingerprint density at radius 1 is 0.483 bits per heavy atom. The van der Waals surface area contributed by atoms with Gasteiger partial charge >= 0.3 is 0 Å². The van der Waals surface area contributed by atoms with Gasteiger partial charge in [-0.3, -0.25) is 0 Å². The Balaban J connectivity index is 1.81.